The topological polar surface area (TPSA) is 90.3 Å². The molecule has 36 heavy (non-hydrogen) atoms. The highest BCUT2D eigenvalue weighted by Gasteiger charge is 2.62. The summed E-state index contributed by atoms with van der Waals surface area (Å²) in [6.07, 6.45) is 0.630. The predicted molar refractivity (Wildman–Crippen MR) is 119 cm³/mol. The van der Waals surface area contributed by atoms with E-state index in [-0.39, 0.29) is 29.7 Å². The van der Waals surface area contributed by atoms with E-state index in [1.165, 1.54) is 30.0 Å². The van der Waals surface area contributed by atoms with E-state index < -0.39 is 62.6 Å². The third-order valence-corrected chi connectivity index (χ3v) is 7.93. The van der Waals surface area contributed by atoms with E-state index in [0.717, 1.165) is 12.1 Å². The van der Waals surface area contributed by atoms with Gasteiger partial charge in [-0.1, -0.05) is 18.2 Å². The summed E-state index contributed by atoms with van der Waals surface area (Å²) in [5.74, 6) is -8.11. The van der Waals surface area contributed by atoms with Crippen LogP contribution in [0.3, 0.4) is 0 Å². The van der Waals surface area contributed by atoms with E-state index >= 15 is 4.39 Å². The van der Waals surface area contributed by atoms with Gasteiger partial charge in [-0.2, -0.15) is 14.0 Å². The summed E-state index contributed by atoms with van der Waals surface area (Å²) < 4.78 is 95.6. The molecule has 1 spiro atoms. The Kier molecular flexibility index (Phi) is 6.83. The number of rotatable bonds is 7. The molecule has 192 valence electrons. The highest BCUT2D eigenvalue weighted by atomic mass is 32.2. The van der Waals surface area contributed by atoms with Crippen LogP contribution in [0.15, 0.2) is 36.4 Å². The standard InChI is InChI=1S/C24H22F5N3O3S/c1-13(11-30)22(33)32-12-24(5-6-24)21(31-36(34,35)23(28)29)19(32)9-14-3-2-4-18(20(14)27)15-7-16(25)10-17(26)8-15/h2-4,7-8,10,13,19,21,23,31H,5-6,9,12H2,1H3/t13-,19+,21-/m1/s1. The molecular weight excluding hydrogens is 505 g/mol. The number of carbonyl (C=O) groups is 1. The van der Waals surface area contributed by atoms with Gasteiger partial charge >= 0.3 is 5.76 Å². The number of nitriles is 1. The van der Waals surface area contributed by atoms with Crippen LogP contribution >= 0.6 is 0 Å². The van der Waals surface area contributed by atoms with E-state index in [9.17, 15) is 36.0 Å². The van der Waals surface area contributed by atoms with E-state index in [1.54, 1.807) is 0 Å². The molecule has 2 aromatic carbocycles. The number of amides is 1. The Morgan fingerprint density at radius 2 is 1.83 bits per heavy atom. The van der Waals surface area contributed by atoms with Gasteiger partial charge in [-0.05, 0) is 49.4 Å². The number of carbonyl (C=O) groups excluding carboxylic acids is 1. The van der Waals surface area contributed by atoms with Crippen molar-refractivity contribution in [3.05, 3.63) is 59.4 Å². The summed E-state index contributed by atoms with van der Waals surface area (Å²) in [7, 11) is -5.05. The molecule has 1 heterocycles. The van der Waals surface area contributed by atoms with Crippen molar-refractivity contribution in [3.63, 3.8) is 0 Å². The van der Waals surface area contributed by atoms with Gasteiger partial charge in [-0.25, -0.2) is 26.3 Å². The minimum Gasteiger partial charge on any atom is -0.336 e. The van der Waals surface area contributed by atoms with Gasteiger partial charge in [0.1, 0.15) is 23.4 Å². The van der Waals surface area contributed by atoms with Crippen LogP contribution in [-0.4, -0.2) is 43.6 Å². The van der Waals surface area contributed by atoms with Crippen LogP contribution in [0.2, 0.25) is 0 Å². The SMILES string of the molecule is C[C@H](C#N)C(=O)N1CC2(CC2)[C@H](NS(=O)(=O)C(F)F)[C@@H]1Cc1cccc(-c2cc(F)cc(F)c2)c1F. The average Bonchev–Trinajstić information content (AvgIpc) is 3.53. The van der Waals surface area contributed by atoms with Gasteiger partial charge in [-0.15, -0.1) is 0 Å². The van der Waals surface area contributed by atoms with Crippen molar-refractivity contribution in [1.29, 1.82) is 5.26 Å². The summed E-state index contributed by atoms with van der Waals surface area (Å²) in [5, 5.41) is 9.23. The lowest BCUT2D eigenvalue weighted by Crippen LogP contribution is -2.51. The van der Waals surface area contributed by atoms with Crippen molar-refractivity contribution in [3.8, 4) is 17.2 Å². The highest BCUT2D eigenvalue weighted by Crippen LogP contribution is 2.56. The minimum atomic E-state index is -5.05. The number of halogens is 5. The van der Waals surface area contributed by atoms with Gasteiger partial charge in [0, 0.05) is 29.6 Å². The third-order valence-electron chi connectivity index (χ3n) is 6.88. The molecule has 0 aromatic heterocycles. The number of likely N-dealkylation sites (tertiary alicyclic amines) is 1. The van der Waals surface area contributed by atoms with Crippen molar-refractivity contribution >= 4 is 15.9 Å². The zero-order valence-electron chi connectivity index (χ0n) is 19.0. The first-order valence-corrected chi connectivity index (χ1v) is 12.7. The number of nitrogens with one attached hydrogen (secondary N) is 1. The van der Waals surface area contributed by atoms with Gasteiger partial charge in [0.2, 0.25) is 5.91 Å². The van der Waals surface area contributed by atoms with Crippen LogP contribution in [0.1, 0.15) is 25.3 Å². The van der Waals surface area contributed by atoms with Crippen molar-refractivity contribution in [2.45, 2.75) is 44.0 Å². The molecule has 1 aliphatic heterocycles. The second-order valence-corrected chi connectivity index (χ2v) is 11.0. The Labute approximate surface area is 204 Å². The first kappa shape index (κ1) is 26.0. The van der Waals surface area contributed by atoms with Crippen LogP contribution in [0.4, 0.5) is 22.0 Å². The van der Waals surface area contributed by atoms with E-state index in [1.807, 2.05) is 10.8 Å². The molecular formula is C24H22F5N3O3S. The number of hydrogen-bond donors (Lipinski definition) is 1. The van der Waals surface area contributed by atoms with Crippen LogP contribution in [0.25, 0.3) is 11.1 Å². The summed E-state index contributed by atoms with van der Waals surface area (Å²) in [4.78, 5) is 14.2. The van der Waals surface area contributed by atoms with Crippen LogP contribution < -0.4 is 4.72 Å². The molecule has 1 saturated heterocycles. The van der Waals surface area contributed by atoms with E-state index in [0.29, 0.717) is 18.9 Å². The van der Waals surface area contributed by atoms with Crippen molar-refractivity contribution in [2.75, 3.05) is 6.54 Å². The lowest BCUT2D eigenvalue weighted by Gasteiger charge is -2.30. The smallest absolute Gasteiger partial charge is 0.336 e. The molecule has 1 amide bonds. The fraction of sp³-hybridized carbons (Fsp3) is 0.417. The molecule has 0 bridgehead atoms. The van der Waals surface area contributed by atoms with Gasteiger partial charge < -0.3 is 4.90 Å². The molecule has 2 fully saturated rings. The summed E-state index contributed by atoms with van der Waals surface area (Å²) in [6, 6.07) is 6.24. The van der Waals surface area contributed by atoms with Gasteiger partial charge in [0.25, 0.3) is 10.0 Å². The quantitative estimate of drug-likeness (QED) is 0.552. The predicted octanol–water partition coefficient (Wildman–Crippen LogP) is 3.97. The largest absolute Gasteiger partial charge is 0.350 e. The molecule has 2 aliphatic rings. The molecule has 4 rings (SSSR count). The average molecular weight is 528 g/mol. The Morgan fingerprint density at radius 1 is 1.19 bits per heavy atom. The molecule has 6 nitrogen and oxygen atoms in total. The Hall–Kier alpha value is -3.04. The number of sulfonamides is 1. The maximum atomic E-state index is 15.6. The molecule has 12 heteroatoms. The molecule has 0 radical (unpaired) electrons. The van der Waals surface area contributed by atoms with Gasteiger partial charge in [0.15, 0.2) is 0 Å². The normalized spacial score (nSPS) is 21.6. The number of benzene rings is 2. The minimum absolute atomic E-state index is 0.0106. The maximum absolute atomic E-state index is 15.6. The van der Waals surface area contributed by atoms with Crippen LogP contribution in [-0.2, 0) is 21.2 Å². The molecule has 1 saturated carbocycles. The number of hydrogen-bond acceptors (Lipinski definition) is 4. The molecule has 3 atom stereocenters. The van der Waals surface area contributed by atoms with Gasteiger partial charge in [0.05, 0.1) is 12.1 Å². The molecule has 0 unspecified atom stereocenters. The van der Waals surface area contributed by atoms with Crippen LogP contribution in [0, 0.1) is 40.1 Å². The Balaban J connectivity index is 1.75. The van der Waals surface area contributed by atoms with E-state index in [4.69, 9.17) is 0 Å². The van der Waals surface area contributed by atoms with Crippen molar-refractivity contribution in [1.82, 2.24) is 9.62 Å². The summed E-state index contributed by atoms with van der Waals surface area (Å²) in [5.41, 5.74) is -1.02. The third kappa shape index (κ3) is 4.82. The van der Waals surface area contributed by atoms with Crippen molar-refractivity contribution in [2.24, 2.45) is 11.3 Å². The fourth-order valence-corrected chi connectivity index (χ4v) is 5.74. The summed E-state index contributed by atoms with van der Waals surface area (Å²) >= 11 is 0. The first-order chi connectivity index (χ1) is 16.9. The molecule has 1 aliphatic carbocycles. The number of nitrogens with zero attached hydrogens (tertiary/aromatic N) is 2. The maximum Gasteiger partial charge on any atom is 0.350 e. The Bertz CT molecular complexity index is 1320. The van der Waals surface area contributed by atoms with Gasteiger partial charge in [-0.3, -0.25) is 4.79 Å². The lowest BCUT2D eigenvalue weighted by atomic mass is 9.91. The second-order valence-electron chi connectivity index (χ2n) is 9.29. The monoisotopic (exact) mass is 527 g/mol. The molecule has 1 N–H and O–H groups in total. The zero-order valence-corrected chi connectivity index (χ0v) is 19.8. The number of alkyl halides is 2. The fourth-order valence-electron chi connectivity index (χ4n) is 4.87. The van der Waals surface area contributed by atoms with Crippen LogP contribution in [0.5, 0.6) is 0 Å². The molecule has 2 aromatic rings. The van der Waals surface area contributed by atoms with E-state index in [2.05, 4.69) is 0 Å². The lowest BCUT2D eigenvalue weighted by molar-refractivity contribution is -0.134. The highest BCUT2D eigenvalue weighted by molar-refractivity contribution is 7.89. The first-order valence-electron chi connectivity index (χ1n) is 11.1. The van der Waals surface area contributed by atoms with Crippen molar-refractivity contribution < 1.29 is 35.2 Å². The second kappa shape index (κ2) is 9.44. The summed E-state index contributed by atoms with van der Waals surface area (Å²) in [6.45, 7) is 1.38. The Morgan fingerprint density at radius 3 is 2.39 bits per heavy atom. The zero-order chi connectivity index (χ0) is 26.4.